The van der Waals surface area contributed by atoms with Gasteiger partial charge < -0.3 is 10.4 Å². The van der Waals surface area contributed by atoms with E-state index in [4.69, 9.17) is 0 Å². The summed E-state index contributed by atoms with van der Waals surface area (Å²) in [6.45, 7) is 3.97. The molecule has 0 saturated heterocycles. The Morgan fingerprint density at radius 3 is 3.00 bits per heavy atom. The Balaban J connectivity index is 1.63. The molecule has 3 heterocycles. The Morgan fingerprint density at radius 1 is 1.43 bits per heavy atom. The number of nitrogens with zero attached hydrogens (tertiary/aromatic N) is 4. The van der Waals surface area contributed by atoms with Crippen molar-refractivity contribution >= 4 is 23.0 Å². The van der Waals surface area contributed by atoms with E-state index in [1.807, 2.05) is 36.7 Å². The van der Waals surface area contributed by atoms with Crippen LogP contribution in [0.25, 0.3) is 5.78 Å². The molecule has 3 aromatic heterocycles. The molecule has 0 aromatic carbocycles. The van der Waals surface area contributed by atoms with Crippen molar-refractivity contribution in [1.29, 1.82) is 0 Å². The molecule has 120 valence electrons. The van der Waals surface area contributed by atoms with Crippen LogP contribution in [0.3, 0.4) is 0 Å². The van der Waals surface area contributed by atoms with Gasteiger partial charge in [0.05, 0.1) is 12.5 Å². The van der Waals surface area contributed by atoms with Crippen molar-refractivity contribution in [2.75, 3.05) is 6.54 Å². The Hall–Kier alpha value is -2.32. The summed E-state index contributed by atoms with van der Waals surface area (Å²) in [7, 11) is 0. The number of thiophene rings is 1. The Bertz CT molecular complexity index is 828. The fourth-order valence-electron chi connectivity index (χ4n) is 2.28. The highest BCUT2D eigenvalue weighted by molar-refractivity contribution is 7.07. The number of aromatic nitrogens is 4. The van der Waals surface area contributed by atoms with Gasteiger partial charge in [0.15, 0.2) is 5.82 Å². The number of amides is 1. The first-order chi connectivity index (χ1) is 11.0. The molecule has 0 bridgehead atoms. The molecule has 1 amide bonds. The van der Waals surface area contributed by atoms with Gasteiger partial charge in [0, 0.05) is 17.9 Å². The van der Waals surface area contributed by atoms with Crippen LogP contribution in [0.2, 0.25) is 0 Å². The second-order valence-corrected chi connectivity index (χ2v) is 6.11. The average molecular weight is 331 g/mol. The third-order valence-corrected chi connectivity index (χ3v) is 4.10. The minimum atomic E-state index is -0.703. The van der Waals surface area contributed by atoms with Crippen LogP contribution in [0, 0.1) is 13.8 Å². The maximum absolute atomic E-state index is 12.0. The van der Waals surface area contributed by atoms with Crippen LogP contribution in [0.5, 0.6) is 0 Å². The summed E-state index contributed by atoms with van der Waals surface area (Å²) >= 11 is 1.51. The van der Waals surface area contributed by atoms with Gasteiger partial charge in [-0.3, -0.25) is 4.79 Å². The number of aliphatic hydroxyl groups is 1. The van der Waals surface area contributed by atoms with Crippen molar-refractivity contribution in [2.24, 2.45) is 0 Å². The number of hydrogen-bond donors (Lipinski definition) is 2. The molecule has 0 aliphatic heterocycles. The van der Waals surface area contributed by atoms with Gasteiger partial charge in [-0.2, -0.15) is 16.3 Å². The lowest BCUT2D eigenvalue weighted by atomic mass is 10.2. The zero-order valence-electron chi connectivity index (χ0n) is 12.9. The number of aryl methyl sites for hydroxylation is 2. The second-order valence-electron chi connectivity index (χ2n) is 5.33. The number of fused-ring (bicyclic) bond motifs is 1. The molecule has 0 fully saturated rings. The van der Waals surface area contributed by atoms with E-state index < -0.39 is 6.10 Å². The molecule has 0 spiro atoms. The van der Waals surface area contributed by atoms with Crippen molar-refractivity contribution in [1.82, 2.24) is 24.9 Å². The molecule has 0 aliphatic carbocycles. The molecule has 1 atom stereocenters. The minimum absolute atomic E-state index is 0.0538. The van der Waals surface area contributed by atoms with E-state index in [0.29, 0.717) is 11.6 Å². The van der Waals surface area contributed by atoms with Gasteiger partial charge >= 0.3 is 0 Å². The molecule has 0 aliphatic rings. The molecule has 3 aromatic rings. The summed E-state index contributed by atoms with van der Waals surface area (Å²) in [6.07, 6.45) is -0.649. The molecule has 1 unspecified atom stereocenters. The zero-order chi connectivity index (χ0) is 16.4. The van der Waals surface area contributed by atoms with E-state index in [2.05, 4.69) is 20.4 Å². The zero-order valence-corrected chi connectivity index (χ0v) is 13.7. The summed E-state index contributed by atoms with van der Waals surface area (Å²) in [5, 5.41) is 20.7. The number of nitrogens with one attached hydrogen (secondary N) is 1. The van der Waals surface area contributed by atoms with Crippen LogP contribution in [-0.4, -0.2) is 37.1 Å². The van der Waals surface area contributed by atoms with Crippen LogP contribution in [0.4, 0.5) is 0 Å². The monoisotopic (exact) mass is 331 g/mol. The first kappa shape index (κ1) is 15.6. The summed E-state index contributed by atoms with van der Waals surface area (Å²) in [6, 6.07) is 3.74. The largest absolute Gasteiger partial charge is 0.387 e. The first-order valence-electron chi connectivity index (χ1n) is 7.19. The Kier molecular flexibility index (Phi) is 4.35. The van der Waals surface area contributed by atoms with E-state index >= 15 is 0 Å². The maximum atomic E-state index is 12.0. The number of hydrogen-bond acceptors (Lipinski definition) is 6. The average Bonchev–Trinajstić information content (AvgIpc) is 3.14. The molecule has 8 heteroatoms. The summed E-state index contributed by atoms with van der Waals surface area (Å²) in [4.78, 5) is 20.5. The minimum Gasteiger partial charge on any atom is -0.387 e. The van der Waals surface area contributed by atoms with Gasteiger partial charge in [-0.15, -0.1) is 5.10 Å². The van der Waals surface area contributed by atoms with Gasteiger partial charge in [0.25, 0.3) is 5.78 Å². The van der Waals surface area contributed by atoms with Crippen LogP contribution in [0.15, 0.2) is 22.9 Å². The van der Waals surface area contributed by atoms with E-state index in [9.17, 15) is 9.90 Å². The Morgan fingerprint density at radius 2 is 2.26 bits per heavy atom. The summed E-state index contributed by atoms with van der Waals surface area (Å²) in [5.41, 5.74) is 2.58. The molecule has 2 N–H and O–H groups in total. The Labute approximate surface area is 137 Å². The van der Waals surface area contributed by atoms with Gasteiger partial charge in [0.1, 0.15) is 0 Å². The highest BCUT2D eigenvalue weighted by Gasteiger charge is 2.14. The third-order valence-electron chi connectivity index (χ3n) is 3.40. The molecule has 3 rings (SSSR count). The third kappa shape index (κ3) is 3.54. The second kappa shape index (κ2) is 6.43. The van der Waals surface area contributed by atoms with Crippen LogP contribution in [-0.2, 0) is 11.2 Å². The lowest BCUT2D eigenvalue weighted by molar-refractivity contribution is -0.121. The van der Waals surface area contributed by atoms with E-state index in [1.165, 1.54) is 11.3 Å². The van der Waals surface area contributed by atoms with Crippen LogP contribution < -0.4 is 5.32 Å². The fraction of sp³-hybridized carbons (Fsp3) is 0.333. The lowest BCUT2D eigenvalue weighted by Gasteiger charge is -2.09. The standard InChI is InChI=1S/C15H17N5O2S/c1-9-5-10(2)20-15(17-9)18-13(19-20)6-14(22)16-7-12(21)11-3-4-23-8-11/h3-5,8,12,21H,6-7H2,1-2H3,(H,16,22). The number of rotatable bonds is 5. The van der Waals surface area contributed by atoms with E-state index in [-0.39, 0.29) is 18.9 Å². The van der Waals surface area contributed by atoms with Gasteiger partial charge in [-0.25, -0.2) is 9.50 Å². The van der Waals surface area contributed by atoms with Gasteiger partial charge in [-0.05, 0) is 42.3 Å². The fourth-order valence-corrected chi connectivity index (χ4v) is 2.99. The van der Waals surface area contributed by atoms with Crippen LogP contribution >= 0.6 is 11.3 Å². The predicted octanol–water partition coefficient (Wildman–Crippen LogP) is 1.19. The van der Waals surface area contributed by atoms with E-state index in [1.54, 1.807) is 4.52 Å². The van der Waals surface area contributed by atoms with Crippen molar-refractivity contribution in [2.45, 2.75) is 26.4 Å². The topological polar surface area (TPSA) is 92.4 Å². The van der Waals surface area contributed by atoms with Crippen LogP contribution in [0.1, 0.15) is 28.9 Å². The summed E-state index contributed by atoms with van der Waals surface area (Å²) in [5.74, 6) is 0.668. The normalized spacial score (nSPS) is 12.5. The number of carbonyl (C=O) groups excluding carboxylic acids is 1. The van der Waals surface area contributed by atoms with E-state index in [0.717, 1.165) is 17.0 Å². The summed E-state index contributed by atoms with van der Waals surface area (Å²) < 4.78 is 1.62. The first-order valence-corrected chi connectivity index (χ1v) is 8.14. The maximum Gasteiger partial charge on any atom is 0.252 e. The smallest absolute Gasteiger partial charge is 0.252 e. The molecule has 0 saturated carbocycles. The number of carbonyl (C=O) groups is 1. The van der Waals surface area contributed by atoms with Crippen molar-refractivity contribution < 1.29 is 9.90 Å². The lowest BCUT2D eigenvalue weighted by Crippen LogP contribution is -2.29. The highest BCUT2D eigenvalue weighted by Crippen LogP contribution is 2.15. The quantitative estimate of drug-likeness (QED) is 0.733. The predicted molar refractivity (Wildman–Crippen MR) is 86.2 cm³/mol. The van der Waals surface area contributed by atoms with Crippen molar-refractivity contribution in [3.8, 4) is 0 Å². The molecule has 23 heavy (non-hydrogen) atoms. The van der Waals surface area contributed by atoms with Gasteiger partial charge in [-0.1, -0.05) is 0 Å². The highest BCUT2D eigenvalue weighted by atomic mass is 32.1. The van der Waals surface area contributed by atoms with Gasteiger partial charge in [0.2, 0.25) is 5.91 Å². The molecule has 0 radical (unpaired) electrons. The molecular formula is C15H17N5O2S. The number of aliphatic hydroxyl groups excluding tert-OH is 1. The molecule has 7 nitrogen and oxygen atoms in total. The van der Waals surface area contributed by atoms with Crippen molar-refractivity contribution in [3.05, 3.63) is 45.7 Å². The molecular weight excluding hydrogens is 314 g/mol. The SMILES string of the molecule is Cc1cc(C)n2nc(CC(=O)NCC(O)c3ccsc3)nc2n1. The van der Waals surface area contributed by atoms with Crippen molar-refractivity contribution in [3.63, 3.8) is 0 Å².